The zero-order valence-corrected chi connectivity index (χ0v) is 10.6. The summed E-state index contributed by atoms with van der Waals surface area (Å²) in [6, 6.07) is 3.56. The quantitative estimate of drug-likeness (QED) is 0.825. The molecular weight excluding hydrogens is 222 g/mol. The van der Waals surface area contributed by atoms with Crippen LogP contribution in [0, 0.1) is 23.5 Å². The molecule has 1 rings (SSSR count). The molecule has 0 spiro atoms. The Balaban J connectivity index is 2.63. The van der Waals surface area contributed by atoms with Crippen LogP contribution in [0.5, 0.6) is 0 Å². The summed E-state index contributed by atoms with van der Waals surface area (Å²) in [5, 5.41) is 9.93. The van der Waals surface area contributed by atoms with Gasteiger partial charge in [-0.3, -0.25) is 0 Å². The van der Waals surface area contributed by atoms with Gasteiger partial charge in [-0.05, 0) is 42.4 Å². The van der Waals surface area contributed by atoms with Gasteiger partial charge in [0.25, 0.3) is 0 Å². The van der Waals surface area contributed by atoms with E-state index < -0.39 is 17.7 Å². The zero-order valence-electron chi connectivity index (χ0n) is 10.6. The van der Waals surface area contributed by atoms with E-state index in [2.05, 4.69) is 20.8 Å². The minimum atomic E-state index is -0.905. The number of aliphatic hydroxyl groups excluding tert-OH is 1. The Kier molecular flexibility index (Phi) is 5.06. The van der Waals surface area contributed by atoms with Gasteiger partial charge in [0.05, 0.1) is 6.10 Å². The lowest BCUT2D eigenvalue weighted by Gasteiger charge is -2.18. The Morgan fingerprint density at radius 1 is 1.06 bits per heavy atom. The summed E-state index contributed by atoms with van der Waals surface area (Å²) in [6.07, 6.45) is 0.864. The molecule has 0 fully saturated rings. The molecule has 0 aliphatic rings. The minimum absolute atomic E-state index is 0.359. The predicted molar refractivity (Wildman–Crippen MR) is 64.6 cm³/mol. The van der Waals surface area contributed by atoms with Gasteiger partial charge < -0.3 is 5.11 Å². The van der Waals surface area contributed by atoms with Crippen molar-refractivity contribution in [2.45, 2.75) is 39.7 Å². The van der Waals surface area contributed by atoms with Crippen molar-refractivity contribution in [3.8, 4) is 0 Å². The van der Waals surface area contributed by atoms with Gasteiger partial charge in [0.15, 0.2) is 11.6 Å². The average molecular weight is 242 g/mol. The molecular formula is C14H20F2O. The SMILES string of the molecule is CC(C)CC(C)CC(O)c1ccc(F)c(F)c1. The summed E-state index contributed by atoms with van der Waals surface area (Å²) in [7, 11) is 0. The van der Waals surface area contributed by atoms with Crippen LogP contribution in [0.15, 0.2) is 18.2 Å². The maximum absolute atomic E-state index is 13.0. The maximum Gasteiger partial charge on any atom is 0.159 e. The van der Waals surface area contributed by atoms with E-state index in [1.165, 1.54) is 6.07 Å². The molecule has 17 heavy (non-hydrogen) atoms. The highest BCUT2D eigenvalue weighted by Gasteiger charge is 2.15. The molecule has 1 aromatic carbocycles. The molecule has 0 aliphatic carbocycles. The lowest BCUT2D eigenvalue weighted by atomic mass is 9.91. The highest BCUT2D eigenvalue weighted by atomic mass is 19.2. The molecule has 0 bridgehead atoms. The van der Waals surface area contributed by atoms with Crippen LogP contribution in [0.3, 0.4) is 0 Å². The Hall–Kier alpha value is -0.960. The highest BCUT2D eigenvalue weighted by Crippen LogP contribution is 2.25. The number of rotatable bonds is 5. The third-order valence-electron chi connectivity index (χ3n) is 2.83. The van der Waals surface area contributed by atoms with Crippen LogP contribution in [-0.2, 0) is 0 Å². The van der Waals surface area contributed by atoms with E-state index >= 15 is 0 Å². The molecule has 2 unspecified atom stereocenters. The fourth-order valence-corrected chi connectivity index (χ4v) is 2.14. The number of aliphatic hydroxyl groups is 1. The van der Waals surface area contributed by atoms with Crippen LogP contribution < -0.4 is 0 Å². The van der Waals surface area contributed by atoms with Crippen molar-refractivity contribution < 1.29 is 13.9 Å². The molecule has 3 heteroatoms. The van der Waals surface area contributed by atoms with Crippen molar-refractivity contribution in [1.29, 1.82) is 0 Å². The molecule has 0 aliphatic heterocycles. The molecule has 0 saturated heterocycles. The van der Waals surface area contributed by atoms with Crippen molar-refractivity contribution in [3.05, 3.63) is 35.4 Å². The van der Waals surface area contributed by atoms with Crippen molar-refractivity contribution >= 4 is 0 Å². The van der Waals surface area contributed by atoms with Gasteiger partial charge in [0.2, 0.25) is 0 Å². The second-order valence-corrected chi connectivity index (χ2v) is 5.16. The van der Waals surface area contributed by atoms with Crippen LogP contribution in [0.1, 0.15) is 45.3 Å². The van der Waals surface area contributed by atoms with Crippen molar-refractivity contribution in [1.82, 2.24) is 0 Å². The van der Waals surface area contributed by atoms with Gasteiger partial charge in [0.1, 0.15) is 0 Å². The summed E-state index contributed by atoms with van der Waals surface area (Å²) >= 11 is 0. The summed E-state index contributed by atoms with van der Waals surface area (Å²) in [5.74, 6) is -0.852. The Morgan fingerprint density at radius 2 is 1.71 bits per heavy atom. The lowest BCUT2D eigenvalue weighted by molar-refractivity contribution is 0.141. The monoisotopic (exact) mass is 242 g/mol. The first-order valence-corrected chi connectivity index (χ1v) is 6.03. The number of benzene rings is 1. The fourth-order valence-electron chi connectivity index (χ4n) is 2.14. The van der Waals surface area contributed by atoms with Gasteiger partial charge in [-0.15, -0.1) is 0 Å². The molecule has 0 radical (unpaired) electrons. The predicted octanol–water partition coefficient (Wildman–Crippen LogP) is 4.07. The first kappa shape index (κ1) is 14.1. The molecule has 0 amide bonds. The molecule has 1 N–H and O–H groups in total. The van der Waals surface area contributed by atoms with Crippen LogP contribution in [0.2, 0.25) is 0 Å². The van der Waals surface area contributed by atoms with Gasteiger partial charge in [-0.1, -0.05) is 26.8 Å². The molecule has 1 nitrogen and oxygen atoms in total. The first-order chi connectivity index (χ1) is 7.90. The maximum atomic E-state index is 13.0. The van der Waals surface area contributed by atoms with Crippen molar-refractivity contribution in [2.75, 3.05) is 0 Å². The van der Waals surface area contributed by atoms with Gasteiger partial charge in [-0.25, -0.2) is 8.78 Å². The Bertz CT molecular complexity index is 363. The van der Waals surface area contributed by atoms with E-state index in [-0.39, 0.29) is 0 Å². The number of halogens is 2. The largest absolute Gasteiger partial charge is 0.388 e. The van der Waals surface area contributed by atoms with Gasteiger partial charge >= 0.3 is 0 Å². The second kappa shape index (κ2) is 6.10. The standard InChI is InChI=1S/C14H20F2O/c1-9(2)6-10(3)7-14(17)11-4-5-12(15)13(16)8-11/h4-5,8-10,14,17H,6-7H2,1-3H3. The lowest BCUT2D eigenvalue weighted by Crippen LogP contribution is -2.07. The van der Waals surface area contributed by atoms with E-state index in [0.29, 0.717) is 23.8 Å². The summed E-state index contributed by atoms with van der Waals surface area (Å²) in [6.45, 7) is 6.31. The summed E-state index contributed by atoms with van der Waals surface area (Å²) < 4.78 is 25.7. The molecule has 96 valence electrons. The molecule has 0 aromatic heterocycles. The number of hydrogen-bond donors (Lipinski definition) is 1. The average Bonchev–Trinajstić information content (AvgIpc) is 2.20. The van der Waals surface area contributed by atoms with Crippen LogP contribution >= 0.6 is 0 Å². The van der Waals surface area contributed by atoms with Crippen molar-refractivity contribution in [2.24, 2.45) is 11.8 Å². The summed E-state index contributed by atoms with van der Waals surface area (Å²) in [4.78, 5) is 0. The summed E-state index contributed by atoms with van der Waals surface area (Å²) in [5.41, 5.74) is 0.444. The van der Waals surface area contributed by atoms with Crippen LogP contribution in [0.25, 0.3) is 0 Å². The van der Waals surface area contributed by atoms with E-state index in [4.69, 9.17) is 0 Å². The topological polar surface area (TPSA) is 20.2 Å². The molecule has 2 atom stereocenters. The molecule has 0 saturated carbocycles. The highest BCUT2D eigenvalue weighted by molar-refractivity contribution is 5.20. The normalized spacial score (nSPS) is 15.0. The Labute approximate surface area is 101 Å². The van der Waals surface area contributed by atoms with E-state index in [1.54, 1.807) is 0 Å². The first-order valence-electron chi connectivity index (χ1n) is 6.03. The third-order valence-corrected chi connectivity index (χ3v) is 2.83. The van der Waals surface area contributed by atoms with E-state index in [0.717, 1.165) is 18.6 Å². The Morgan fingerprint density at radius 3 is 2.24 bits per heavy atom. The van der Waals surface area contributed by atoms with Gasteiger partial charge in [0, 0.05) is 0 Å². The van der Waals surface area contributed by atoms with E-state index in [1.807, 2.05) is 0 Å². The zero-order chi connectivity index (χ0) is 13.0. The van der Waals surface area contributed by atoms with Gasteiger partial charge in [-0.2, -0.15) is 0 Å². The van der Waals surface area contributed by atoms with Crippen LogP contribution in [-0.4, -0.2) is 5.11 Å². The molecule has 0 heterocycles. The molecule has 1 aromatic rings. The smallest absolute Gasteiger partial charge is 0.159 e. The fraction of sp³-hybridized carbons (Fsp3) is 0.571. The second-order valence-electron chi connectivity index (χ2n) is 5.16. The minimum Gasteiger partial charge on any atom is -0.388 e. The van der Waals surface area contributed by atoms with Crippen molar-refractivity contribution in [3.63, 3.8) is 0 Å². The van der Waals surface area contributed by atoms with Crippen LogP contribution in [0.4, 0.5) is 8.78 Å². The number of hydrogen-bond acceptors (Lipinski definition) is 1. The third kappa shape index (κ3) is 4.43. The van der Waals surface area contributed by atoms with E-state index in [9.17, 15) is 13.9 Å².